The number of ether oxygens (including phenoxy) is 2. The van der Waals surface area contributed by atoms with Gasteiger partial charge in [0.15, 0.2) is 11.5 Å². The van der Waals surface area contributed by atoms with E-state index in [4.69, 9.17) is 9.47 Å². The van der Waals surface area contributed by atoms with Crippen LogP contribution in [0.25, 0.3) is 10.9 Å². The van der Waals surface area contributed by atoms with Gasteiger partial charge in [0.25, 0.3) is 5.91 Å². The number of aryl methyl sites for hydroxylation is 3. The Balaban J connectivity index is 1.57. The lowest BCUT2D eigenvalue weighted by atomic mass is 10.0. The summed E-state index contributed by atoms with van der Waals surface area (Å²) in [6.07, 6.45) is 0. The minimum atomic E-state index is -0.0635. The van der Waals surface area contributed by atoms with Crippen molar-refractivity contribution in [2.45, 2.75) is 19.9 Å². The second-order valence-corrected chi connectivity index (χ2v) is 7.86. The van der Waals surface area contributed by atoms with Crippen LogP contribution in [0.4, 0.5) is 0 Å². The first-order valence-electron chi connectivity index (χ1n) is 9.76. The zero-order valence-electron chi connectivity index (χ0n) is 17.6. The van der Waals surface area contributed by atoms with Gasteiger partial charge in [0.1, 0.15) is 5.69 Å². The maximum absolute atomic E-state index is 13.1. The molecule has 0 aliphatic carbocycles. The van der Waals surface area contributed by atoms with Gasteiger partial charge in [-0.15, -0.1) is 0 Å². The molecule has 1 aliphatic rings. The van der Waals surface area contributed by atoms with Crippen LogP contribution in [0, 0.1) is 13.8 Å². The fourth-order valence-electron chi connectivity index (χ4n) is 4.06. The molecule has 2 aromatic carbocycles. The number of amides is 1. The summed E-state index contributed by atoms with van der Waals surface area (Å²) in [4.78, 5) is 15.2. The van der Waals surface area contributed by atoms with Gasteiger partial charge < -0.3 is 24.3 Å². The van der Waals surface area contributed by atoms with Gasteiger partial charge in [-0.2, -0.15) is 0 Å². The van der Waals surface area contributed by atoms with E-state index < -0.39 is 0 Å². The maximum atomic E-state index is 13.1. The van der Waals surface area contributed by atoms with Gasteiger partial charge in [-0.3, -0.25) is 4.79 Å². The number of hydrogen-bond acceptors (Lipinski definition) is 4. The number of carbonyl (C=O) groups is 1. The van der Waals surface area contributed by atoms with Crippen LogP contribution in [0.5, 0.6) is 11.5 Å². The molecule has 0 radical (unpaired) electrons. The van der Waals surface area contributed by atoms with E-state index in [-0.39, 0.29) is 18.7 Å². The molecule has 0 fully saturated rings. The van der Waals surface area contributed by atoms with Gasteiger partial charge in [0.05, 0.1) is 6.04 Å². The number of rotatable bonds is 5. The fraction of sp³-hybridized carbons (Fsp3) is 0.348. The average molecular weight is 393 g/mol. The first kappa shape index (κ1) is 19.3. The van der Waals surface area contributed by atoms with Crippen LogP contribution in [-0.4, -0.2) is 42.8 Å². The minimum Gasteiger partial charge on any atom is -0.454 e. The van der Waals surface area contributed by atoms with Crippen molar-refractivity contribution in [1.82, 2.24) is 14.8 Å². The predicted octanol–water partition coefficient (Wildman–Crippen LogP) is 3.56. The molecule has 0 saturated carbocycles. The third-order valence-electron chi connectivity index (χ3n) is 5.68. The summed E-state index contributed by atoms with van der Waals surface area (Å²) in [7, 11) is 5.96. The van der Waals surface area contributed by atoms with Crippen LogP contribution in [-0.2, 0) is 7.05 Å². The highest BCUT2D eigenvalue weighted by atomic mass is 16.7. The number of nitrogens with zero attached hydrogens (tertiary/aromatic N) is 2. The molecule has 1 aliphatic heterocycles. The van der Waals surface area contributed by atoms with E-state index in [9.17, 15) is 4.79 Å². The molecule has 1 N–H and O–H groups in total. The lowest BCUT2D eigenvalue weighted by molar-refractivity contribution is 0.0933. The zero-order valence-corrected chi connectivity index (χ0v) is 17.6. The Morgan fingerprint density at radius 3 is 2.66 bits per heavy atom. The normalized spacial score (nSPS) is 13.9. The molecule has 3 aromatic rings. The van der Waals surface area contributed by atoms with Gasteiger partial charge in [-0.05, 0) is 63.3 Å². The van der Waals surface area contributed by atoms with E-state index in [1.165, 1.54) is 5.56 Å². The quantitative estimate of drug-likeness (QED) is 0.720. The number of likely N-dealkylation sites (N-methyl/N-ethyl adjacent to an activating group) is 1. The predicted molar refractivity (Wildman–Crippen MR) is 114 cm³/mol. The lowest BCUT2D eigenvalue weighted by Crippen LogP contribution is -2.35. The fourth-order valence-corrected chi connectivity index (χ4v) is 4.06. The van der Waals surface area contributed by atoms with Crippen molar-refractivity contribution in [3.8, 4) is 11.5 Å². The molecule has 29 heavy (non-hydrogen) atoms. The number of hydrogen-bond donors (Lipinski definition) is 1. The molecule has 0 saturated heterocycles. The number of nitrogens with one attached hydrogen (secondary N) is 1. The molecule has 6 nitrogen and oxygen atoms in total. The largest absolute Gasteiger partial charge is 0.454 e. The van der Waals surface area contributed by atoms with E-state index in [1.54, 1.807) is 0 Å². The topological polar surface area (TPSA) is 55.7 Å². The van der Waals surface area contributed by atoms with Crippen LogP contribution >= 0.6 is 0 Å². The van der Waals surface area contributed by atoms with Gasteiger partial charge >= 0.3 is 0 Å². The molecule has 152 valence electrons. The number of aromatic nitrogens is 1. The number of benzene rings is 2. The molecule has 0 bridgehead atoms. The van der Waals surface area contributed by atoms with E-state index in [2.05, 4.69) is 35.3 Å². The number of carbonyl (C=O) groups excluding carboxylic acids is 1. The van der Waals surface area contributed by atoms with Crippen molar-refractivity contribution in [3.05, 3.63) is 58.8 Å². The van der Waals surface area contributed by atoms with E-state index in [1.807, 2.05) is 50.8 Å². The molecule has 1 amide bonds. The molecule has 0 spiro atoms. The second-order valence-electron chi connectivity index (χ2n) is 7.86. The zero-order chi connectivity index (χ0) is 20.7. The summed E-state index contributed by atoms with van der Waals surface area (Å²) >= 11 is 0. The van der Waals surface area contributed by atoms with Crippen LogP contribution < -0.4 is 14.8 Å². The highest BCUT2D eigenvalue weighted by Gasteiger charge is 2.22. The van der Waals surface area contributed by atoms with Crippen LogP contribution in [0.2, 0.25) is 0 Å². The van der Waals surface area contributed by atoms with Crippen LogP contribution in [0.3, 0.4) is 0 Å². The molecule has 1 atom stereocenters. The molecule has 1 aromatic heterocycles. The SMILES string of the molecule is Cc1ccc2c(c1)c(C)c(C(=O)NCC(c1ccc3c(c1)OCO3)N(C)C)n2C. The molecular formula is C23H27N3O3. The first-order chi connectivity index (χ1) is 13.9. The van der Waals surface area contributed by atoms with Gasteiger partial charge in [-0.1, -0.05) is 17.7 Å². The minimum absolute atomic E-state index is 0.0192. The third kappa shape index (κ3) is 3.44. The maximum Gasteiger partial charge on any atom is 0.268 e. The van der Waals surface area contributed by atoms with Crippen molar-refractivity contribution >= 4 is 16.8 Å². The first-order valence-corrected chi connectivity index (χ1v) is 9.76. The highest BCUT2D eigenvalue weighted by molar-refractivity contribution is 6.01. The highest BCUT2D eigenvalue weighted by Crippen LogP contribution is 2.35. The van der Waals surface area contributed by atoms with Crippen LogP contribution in [0.15, 0.2) is 36.4 Å². The Labute approximate surface area is 171 Å². The van der Waals surface area contributed by atoms with Gasteiger partial charge in [0, 0.05) is 24.5 Å². The Bertz CT molecular complexity index is 1080. The lowest BCUT2D eigenvalue weighted by Gasteiger charge is -2.25. The Kier molecular flexibility index (Phi) is 4.96. The molecule has 2 heterocycles. The van der Waals surface area contributed by atoms with E-state index in [0.717, 1.165) is 33.5 Å². The summed E-state index contributed by atoms with van der Waals surface area (Å²) in [6.45, 7) is 4.82. The van der Waals surface area contributed by atoms with Crippen molar-refractivity contribution < 1.29 is 14.3 Å². The standard InChI is InChI=1S/C23H27N3O3/c1-14-6-8-18-17(10-14)15(2)22(26(18)5)23(27)24-12-19(25(3)4)16-7-9-20-21(11-16)29-13-28-20/h6-11,19H,12-13H2,1-5H3,(H,24,27). The van der Waals surface area contributed by atoms with Crippen molar-refractivity contribution in [2.24, 2.45) is 7.05 Å². The number of fused-ring (bicyclic) bond motifs is 2. The van der Waals surface area contributed by atoms with E-state index >= 15 is 0 Å². The summed E-state index contributed by atoms with van der Waals surface area (Å²) in [5, 5.41) is 4.25. The molecule has 1 unspecified atom stereocenters. The second kappa shape index (κ2) is 7.44. The van der Waals surface area contributed by atoms with Gasteiger partial charge in [-0.25, -0.2) is 0 Å². The Morgan fingerprint density at radius 2 is 1.90 bits per heavy atom. The van der Waals surface area contributed by atoms with E-state index in [0.29, 0.717) is 12.2 Å². The summed E-state index contributed by atoms with van der Waals surface area (Å²) in [5.41, 5.74) is 5.04. The molecular weight excluding hydrogens is 366 g/mol. The monoisotopic (exact) mass is 393 g/mol. The smallest absolute Gasteiger partial charge is 0.268 e. The molecule has 4 rings (SSSR count). The van der Waals surface area contributed by atoms with Crippen molar-refractivity contribution in [2.75, 3.05) is 27.4 Å². The third-order valence-corrected chi connectivity index (χ3v) is 5.68. The van der Waals surface area contributed by atoms with Crippen molar-refractivity contribution in [1.29, 1.82) is 0 Å². The Hall–Kier alpha value is -2.99. The average Bonchev–Trinajstić information content (AvgIpc) is 3.24. The van der Waals surface area contributed by atoms with Crippen molar-refractivity contribution in [3.63, 3.8) is 0 Å². The summed E-state index contributed by atoms with van der Waals surface area (Å²) in [6, 6.07) is 12.2. The van der Waals surface area contributed by atoms with Gasteiger partial charge in [0.2, 0.25) is 6.79 Å². The molecule has 6 heteroatoms. The Morgan fingerprint density at radius 1 is 1.14 bits per heavy atom. The van der Waals surface area contributed by atoms with Crippen LogP contribution in [0.1, 0.15) is 33.2 Å². The summed E-state index contributed by atoms with van der Waals surface area (Å²) in [5.74, 6) is 1.45. The summed E-state index contributed by atoms with van der Waals surface area (Å²) < 4.78 is 12.9.